The van der Waals surface area contributed by atoms with Crippen LogP contribution in [0.5, 0.6) is 5.75 Å². The lowest BCUT2D eigenvalue weighted by atomic mass is 10.1. The van der Waals surface area contributed by atoms with Crippen LogP contribution in [-0.2, 0) is 0 Å². The van der Waals surface area contributed by atoms with Gasteiger partial charge in [0.2, 0.25) is 0 Å². The van der Waals surface area contributed by atoms with Crippen LogP contribution in [0.3, 0.4) is 0 Å². The second-order valence-electron chi connectivity index (χ2n) is 6.11. The Balaban J connectivity index is 1.64. The van der Waals surface area contributed by atoms with Gasteiger partial charge in [0.25, 0.3) is 11.6 Å². The number of para-hydroxylation sites is 1. The van der Waals surface area contributed by atoms with E-state index in [0.29, 0.717) is 11.8 Å². The van der Waals surface area contributed by atoms with Gasteiger partial charge in [0.15, 0.2) is 0 Å². The first-order chi connectivity index (χ1) is 14.0. The molecule has 0 fully saturated rings. The highest BCUT2D eigenvalue weighted by atomic mass is 19.1. The molecule has 0 aliphatic carbocycles. The number of amides is 1. The van der Waals surface area contributed by atoms with E-state index in [9.17, 15) is 19.3 Å². The second kappa shape index (κ2) is 8.83. The summed E-state index contributed by atoms with van der Waals surface area (Å²) in [6.07, 6.45) is 0. The second-order valence-corrected chi connectivity index (χ2v) is 6.11. The molecule has 0 aliphatic heterocycles. The molecule has 148 valence electrons. The minimum Gasteiger partial charge on any atom is -0.491 e. The average molecular weight is 395 g/mol. The molecule has 0 heterocycles. The molecule has 0 atom stereocenters. The van der Waals surface area contributed by atoms with Gasteiger partial charge < -0.3 is 15.8 Å². The zero-order valence-electron chi connectivity index (χ0n) is 15.3. The Morgan fingerprint density at radius 2 is 1.79 bits per heavy atom. The maximum Gasteiger partial charge on any atom is 0.295 e. The number of nitrogen functional groups attached to an aromatic ring is 1. The molecule has 0 aliphatic rings. The number of rotatable bonds is 7. The first-order valence-corrected chi connectivity index (χ1v) is 8.76. The first kappa shape index (κ1) is 19.8. The van der Waals surface area contributed by atoms with E-state index < -0.39 is 22.3 Å². The van der Waals surface area contributed by atoms with Gasteiger partial charge in [-0.25, -0.2) is 4.39 Å². The molecular weight excluding hydrogens is 377 g/mol. The van der Waals surface area contributed by atoms with Crippen molar-refractivity contribution in [1.82, 2.24) is 5.32 Å². The smallest absolute Gasteiger partial charge is 0.295 e. The number of carbonyl (C=O) groups excluding carboxylic acids is 1. The summed E-state index contributed by atoms with van der Waals surface area (Å²) < 4.78 is 19.3. The van der Waals surface area contributed by atoms with Crippen LogP contribution in [0.4, 0.5) is 15.8 Å². The summed E-state index contributed by atoms with van der Waals surface area (Å²) in [5, 5.41) is 13.5. The van der Waals surface area contributed by atoms with Gasteiger partial charge in [-0.3, -0.25) is 14.9 Å². The zero-order chi connectivity index (χ0) is 20.8. The minimum atomic E-state index is -0.913. The maximum absolute atomic E-state index is 13.6. The SMILES string of the molecule is Nc1c(C(=O)NCCOc2ccccc2-c2ccccc2)cc(F)cc1[N+](=O)[O-]. The lowest BCUT2D eigenvalue weighted by Crippen LogP contribution is -2.29. The van der Waals surface area contributed by atoms with Gasteiger partial charge in [0, 0.05) is 5.56 Å². The summed E-state index contributed by atoms with van der Waals surface area (Å²) >= 11 is 0. The summed E-state index contributed by atoms with van der Waals surface area (Å²) in [7, 11) is 0. The van der Waals surface area contributed by atoms with Gasteiger partial charge in [0.1, 0.15) is 23.9 Å². The molecule has 8 heteroatoms. The monoisotopic (exact) mass is 395 g/mol. The molecule has 3 rings (SSSR count). The molecule has 0 bridgehead atoms. The Labute approximate surface area is 166 Å². The highest BCUT2D eigenvalue weighted by molar-refractivity contribution is 6.01. The number of benzene rings is 3. The van der Waals surface area contributed by atoms with Gasteiger partial charge in [-0.1, -0.05) is 48.5 Å². The number of ether oxygens (including phenoxy) is 1. The fourth-order valence-electron chi connectivity index (χ4n) is 2.81. The van der Waals surface area contributed by atoms with E-state index in [0.717, 1.165) is 17.2 Å². The number of hydrogen-bond donors (Lipinski definition) is 2. The van der Waals surface area contributed by atoms with E-state index in [-0.39, 0.29) is 24.4 Å². The Morgan fingerprint density at radius 3 is 2.52 bits per heavy atom. The van der Waals surface area contributed by atoms with Crippen molar-refractivity contribution in [2.75, 3.05) is 18.9 Å². The normalized spacial score (nSPS) is 10.4. The molecule has 3 N–H and O–H groups in total. The van der Waals surface area contributed by atoms with Crippen LogP contribution in [0.25, 0.3) is 11.1 Å². The average Bonchev–Trinajstić information content (AvgIpc) is 2.73. The molecular formula is C21H18FN3O4. The number of anilines is 1. The lowest BCUT2D eigenvalue weighted by Gasteiger charge is -2.12. The molecule has 0 unspecified atom stereocenters. The standard InChI is InChI=1S/C21H18FN3O4/c22-15-12-17(20(23)18(13-15)25(27)28)21(26)24-10-11-29-19-9-5-4-8-16(19)14-6-2-1-3-7-14/h1-9,12-13H,10-11,23H2,(H,24,26). The van der Waals surface area contributed by atoms with Crippen LogP contribution in [0, 0.1) is 15.9 Å². The van der Waals surface area contributed by atoms with Crippen LogP contribution in [0.2, 0.25) is 0 Å². The third-order valence-electron chi connectivity index (χ3n) is 4.18. The third-order valence-corrected chi connectivity index (χ3v) is 4.18. The van der Waals surface area contributed by atoms with E-state index in [4.69, 9.17) is 10.5 Å². The molecule has 3 aromatic rings. The highest BCUT2D eigenvalue weighted by Crippen LogP contribution is 2.29. The Morgan fingerprint density at radius 1 is 1.10 bits per heavy atom. The predicted molar refractivity (Wildman–Crippen MR) is 107 cm³/mol. The van der Waals surface area contributed by atoms with Crippen LogP contribution in [0.15, 0.2) is 66.7 Å². The molecule has 3 aromatic carbocycles. The van der Waals surface area contributed by atoms with Crippen molar-refractivity contribution in [3.63, 3.8) is 0 Å². The zero-order valence-corrected chi connectivity index (χ0v) is 15.3. The quantitative estimate of drug-likeness (QED) is 0.274. The van der Waals surface area contributed by atoms with Gasteiger partial charge >= 0.3 is 0 Å². The van der Waals surface area contributed by atoms with Crippen LogP contribution in [-0.4, -0.2) is 24.0 Å². The molecule has 0 saturated carbocycles. The predicted octanol–water partition coefficient (Wildman–Crippen LogP) is 3.79. The fourth-order valence-corrected chi connectivity index (χ4v) is 2.81. The highest BCUT2D eigenvalue weighted by Gasteiger charge is 2.21. The third kappa shape index (κ3) is 4.67. The van der Waals surface area contributed by atoms with Crippen LogP contribution < -0.4 is 15.8 Å². The van der Waals surface area contributed by atoms with Crippen molar-refractivity contribution >= 4 is 17.3 Å². The maximum atomic E-state index is 13.6. The summed E-state index contributed by atoms with van der Waals surface area (Å²) in [5.41, 5.74) is 6.21. The number of nitrogens with one attached hydrogen (secondary N) is 1. The molecule has 0 radical (unpaired) electrons. The number of nitro benzene ring substituents is 1. The number of nitrogens with two attached hydrogens (primary N) is 1. The van der Waals surface area contributed by atoms with E-state index in [2.05, 4.69) is 5.32 Å². The summed E-state index contributed by atoms with van der Waals surface area (Å²) in [6.45, 7) is 0.249. The number of hydrogen-bond acceptors (Lipinski definition) is 5. The Kier molecular flexibility index (Phi) is 6.03. The lowest BCUT2D eigenvalue weighted by molar-refractivity contribution is -0.384. The Bertz CT molecular complexity index is 1040. The number of nitrogens with zero attached hydrogens (tertiary/aromatic N) is 1. The number of nitro groups is 1. The largest absolute Gasteiger partial charge is 0.491 e. The van der Waals surface area contributed by atoms with Gasteiger partial charge in [-0.2, -0.15) is 0 Å². The van der Waals surface area contributed by atoms with Gasteiger partial charge in [0.05, 0.1) is 23.1 Å². The van der Waals surface area contributed by atoms with E-state index in [1.807, 2.05) is 54.6 Å². The summed E-state index contributed by atoms with van der Waals surface area (Å²) in [5.74, 6) is -0.983. The van der Waals surface area contributed by atoms with Crippen molar-refractivity contribution in [3.05, 3.63) is 88.2 Å². The molecule has 1 amide bonds. The topological polar surface area (TPSA) is 107 Å². The van der Waals surface area contributed by atoms with Crippen molar-refractivity contribution in [1.29, 1.82) is 0 Å². The fraction of sp³-hybridized carbons (Fsp3) is 0.0952. The molecule has 0 saturated heterocycles. The first-order valence-electron chi connectivity index (χ1n) is 8.76. The molecule has 0 aromatic heterocycles. The van der Waals surface area contributed by atoms with E-state index in [1.165, 1.54) is 0 Å². The summed E-state index contributed by atoms with van der Waals surface area (Å²) in [6, 6.07) is 18.7. The van der Waals surface area contributed by atoms with E-state index in [1.54, 1.807) is 0 Å². The van der Waals surface area contributed by atoms with Crippen molar-refractivity contribution < 1.29 is 18.8 Å². The summed E-state index contributed by atoms with van der Waals surface area (Å²) in [4.78, 5) is 22.3. The van der Waals surface area contributed by atoms with Crippen LogP contribution in [0.1, 0.15) is 10.4 Å². The van der Waals surface area contributed by atoms with E-state index >= 15 is 0 Å². The molecule has 29 heavy (non-hydrogen) atoms. The van der Waals surface area contributed by atoms with Crippen molar-refractivity contribution in [3.8, 4) is 16.9 Å². The minimum absolute atomic E-state index is 0.103. The Hall–Kier alpha value is -3.94. The van der Waals surface area contributed by atoms with Crippen molar-refractivity contribution in [2.45, 2.75) is 0 Å². The molecule has 0 spiro atoms. The number of carbonyl (C=O) groups is 1. The number of halogens is 1. The van der Waals surface area contributed by atoms with Crippen LogP contribution >= 0.6 is 0 Å². The van der Waals surface area contributed by atoms with Gasteiger partial charge in [-0.05, 0) is 17.7 Å². The molecule has 7 nitrogen and oxygen atoms in total. The van der Waals surface area contributed by atoms with Gasteiger partial charge in [-0.15, -0.1) is 0 Å². The van der Waals surface area contributed by atoms with Crippen molar-refractivity contribution in [2.24, 2.45) is 0 Å².